The summed E-state index contributed by atoms with van der Waals surface area (Å²) >= 11 is 3.40. The predicted molar refractivity (Wildman–Crippen MR) is 107 cm³/mol. The van der Waals surface area contributed by atoms with Gasteiger partial charge in [0.1, 0.15) is 11.4 Å². The van der Waals surface area contributed by atoms with E-state index in [0.717, 1.165) is 28.4 Å². The Kier molecular flexibility index (Phi) is 5.65. The summed E-state index contributed by atoms with van der Waals surface area (Å²) in [4.78, 5) is 12.8. The molecule has 1 amide bonds. The number of hydrogen-bond donors (Lipinski definition) is 1. The lowest BCUT2D eigenvalue weighted by atomic mass is 10.2. The van der Waals surface area contributed by atoms with E-state index in [-0.39, 0.29) is 5.91 Å². The molecule has 8 heteroatoms. The van der Waals surface area contributed by atoms with E-state index in [1.807, 2.05) is 49.7 Å². The van der Waals surface area contributed by atoms with Crippen LogP contribution in [0.2, 0.25) is 0 Å². The van der Waals surface area contributed by atoms with Crippen LogP contribution in [0.3, 0.4) is 0 Å². The van der Waals surface area contributed by atoms with Gasteiger partial charge in [0.25, 0.3) is 5.91 Å². The third-order valence-corrected chi connectivity index (χ3v) is 4.98. The van der Waals surface area contributed by atoms with Crippen LogP contribution in [-0.2, 0) is 13.1 Å². The van der Waals surface area contributed by atoms with Gasteiger partial charge in [-0.1, -0.05) is 12.1 Å². The van der Waals surface area contributed by atoms with E-state index >= 15 is 0 Å². The Morgan fingerprint density at radius 3 is 2.78 bits per heavy atom. The fourth-order valence-electron chi connectivity index (χ4n) is 2.98. The maximum atomic E-state index is 12.8. The van der Waals surface area contributed by atoms with Crippen LogP contribution in [0, 0.1) is 13.8 Å². The van der Waals surface area contributed by atoms with Gasteiger partial charge in [0, 0.05) is 6.54 Å². The van der Waals surface area contributed by atoms with Gasteiger partial charge in [0.2, 0.25) is 0 Å². The molecule has 2 aromatic heterocycles. The van der Waals surface area contributed by atoms with E-state index < -0.39 is 0 Å². The third-order valence-electron chi connectivity index (χ3n) is 4.40. The smallest absolute Gasteiger partial charge is 0.275 e. The van der Waals surface area contributed by atoms with Crippen molar-refractivity contribution in [1.29, 1.82) is 0 Å². The molecule has 0 atom stereocenters. The molecule has 3 rings (SSSR count). The predicted octanol–water partition coefficient (Wildman–Crippen LogP) is 3.79. The first kappa shape index (κ1) is 19.2. The van der Waals surface area contributed by atoms with Gasteiger partial charge >= 0.3 is 0 Å². The van der Waals surface area contributed by atoms with Gasteiger partial charge in [-0.05, 0) is 54.4 Å². The van der Waals surface area contributed by atoms with Crippen LogP contribution >= 0.6 is 15.9 Å². The average molecular weight is 432 g/mol. The summed E-state index contributed by atoms with van der Waals surface area (Å²) in [6.45, 7) is 6.98. The van der Waals surface area contributed by atoms with Gasteiger partial charge in [-0.3, -0.25) is 14.2 Å². The molecule has 142 valence electrons. The number of ether oxygens (including phenoxy) is 1. The minimum atomic E-state index is -0.214. The number of rotatable bonds is 6. The van der Waals surface area contributed by atoms with E-state index in [1.165, 1.54) is 0 Å². The van der Waals surface area contributed by atoms with E-state index in [9.17, 15) is 4.79 Å². The standard InChI is InChI=1S/C19H22BrN5O2/c1-5-24-18(16(20)10-21-24)19(26)22-17-12(2)23-25(13(17)3)11-14-7-6-8-15(9-14)27-4/h6-10H,5,11H2,1-4H3,(H,22,26). The summed E-state index contributed by atoms with van der Waals surface area (Å²) < 4.78 is 9.49. The van der Waals surface area contributed by atoms with Crippen molar-refractivity contribution in [1.82, 2.24) is 19.6 Å². The Bertz CT molecular complexity index is 977. The zero-order valence-corrected chi connectivity index (χ0v) is 17.4. The Morgan fingerprint density at radius 2 is 2.07 bits per heavy atom. The second-order valence-corrected chi connectivity index (χ2v) is 7.02. The number of hydrogen-bond acceptors (Lipinski definition) is 4. The molecule has 7 nitrogen and oxygen atoms in total. The number of amides is 1. The summed E-state index contributed by atoms with van der Waals surface area (Å²) in [5, 5.41) is 11.8. The molecule has 0 radical (unpaired) electrons. The van der Waals surface area contributed by atoms with Crippen molar-refractivity contribution in [2.24, 2.45) is 0 Å². The number of carbonyl (C=O) groups is 1. The minimum Gasteiger partial charge on any atom is -0.497 e. The van der Waals surface area contributed by atoms with Crippen molar-refractivity contribution in [3.8, 4) is 5.75 Å². The summed E-state index contributed by atoms with van der Waals surface area (Å²) in [7, 11) is 1.65. The van der Waals surface area contributed by atoms with Crippen molar-refractivity contribution in [3.05, 3.63) is 57.6 Å². The zero-order valence-electron chi connectivity index (χ0n) is 15.8. The molecule has 0 saturated carbocycles. The summed E-state index contributed by atoms with van der Waals surface area (Å²) in [5.74, 6) is 0.591. The number of carbonyl (C=O) groups excluding carboxylic acids is 1. The fourth-order valence-corrected chi connectivity index (χ4v) is 3.45. The Hall–Kier alpha value is -2.61. The Morgan fingerprint density at radius 1 is 1.30 bits per heavy atom. The second kappa shape index (κ2) is 7.96. The molecule has 0 bridgehead atoms. The van der Waals surface area contributed by atoms with E-state index in [4.69, 9.17) is 4.74 Å². The summed E-state index contributed by atoms with van der Waals surface area (Å²) in [5.41, 5.74) is 3.95. The average Bonchev–Trinajstić information content (AvgIpc) is 3.16. The number of anilines is 1. The molecule has 0 aliphatic carbocycles. The van der Waals surface area contributed by atoms with Crippen LogP contribution in [0.15, 0.2) is 34.9 Å². The largest absolute Gasteiger partial charge is 0.497 e. The van der Waals surface area contributed by atoms with Crippen LogP contribution < -0.4 is 10.1 Å². The number of aromatic nitrogens is 4. The van der Waals surface area contributed by atoms with Crippen molar-refractivity contribution in [2.45, 2.75) is 33.9 Å². The molecular weight excluding hydrogens is 410 g/mol. The lowest BCUT2D eigenvalue weighted by Gasteiger charge is -2.09. The summed E-state index contributed by atoms with van der Waals surface area (Å²) in [6.07, 6.45) is 1.63. The zero-order chi connectivity index (χ0) is 19.6. The quantitative estimate of drug-likeness (QED) is 0.644. The Balaban J connectivity index is 1.85. The number of nitrogens with one attached hydrogen (secondary N) is 1. The van der Waals surface area contributed by atoms with Crippen LogP contribution in [-0.4, -0.2) is 32.6 Å². The third kappa shape index (κ3) is 3.90. The van der Waals surface area contributed by atoms with Crippen LogP contribution in [0.5, 0.6) is 5.75 Å². The molecule has 0 aliphatic heterocycles. The molecule has 0 spiro atoms. The maximum absolute atomic E-state index is 12.8. The molecule has 1 N–H and O–H groups in total. The second-order valence-electron chi connectivity index (χ2n) is 6.17. The monoisotopic (exact) mass is 431 g/mol. The van der Waals surface area contributed by atoms with E-state index in [2.05, 4.69) is 31.4 Å². The topological polar surface area (TPSA) is 74.0 Å². The highest BCUT2D eigenvalue weighted by molar-refractivity contribution is 9.10. The highest BCUT2D eigenvalue weighted by Crippen LogP contribution is 2.24. The van der Waals surface area contributed by atoms with Gasteiger partial charge < -0.3 is 10.1 Å². The first-order valence-corrected chi connectivity index (χ1v) is 9.43. The summed E-state index contributed by atoms with van der Waals surface area (Å²) in [6, 6.07) is 7.86. The molecule has 27 heavy (non-hydrogen) atoms. The van der Waals surface area contributed by atoms with Crippen LogP contribution in [0.4, 0.5) is 5.69 Å². The highest BCUT2D eigenvalue weighted by Gasteiger charge is 2.20. The first-order valence-electron chi connectivity index (χ1n) is 8.64. The van der Waals surface area contributed by atoms with Crippen molar-refractivity contribution in [2.75, 3.05) is 12.4 Å². The van der Waals surface area contributed by atoms with Gasteiger partial charge in [-0.2, -0.15) is 10.2 Å². The minimum absolute atomic E-state index is 0.214. The Labute approximate surface area is 166 Å². The van der Waals surface area contributed by atoms with Gasteiger partial charge in [0.15, 0.2) is 0 Å². The normalized spacial score (nSPS) is 10.9. The molecule has 0 unspecified atom stereocenters. The van der Waals surface area contributed by atoms with Crippen LogP contribution in [0.1, 0.15) is 34.4 Å². The number of methoxy groups -OCH3 is 1. The fraction of sp³-hybridized carbons (Fsp3) is 0.316. The number of benzene rings is 1. The van der Waals surface area contributed by atoms with Crippen molar-refractivity contribution in [3.63, 3.8) is 0 Å². The van der Waals surface area contributed by atoms with E-state index in [1.54, 1.807) is 18.0 Å². The first-order chi connectivity index (χ1) is 12.9. The molecule has 1 aromatic carbocycles. The van der Waals surface area contributed by atoms with Gasteiger partial charge in [-0.15, -0.1) is 0 Å². The molecule has 3 aromatic rings. The van der Waals surface area contributed by atoms with Crippen molar-refractivity contribution >= 4 is 27.5 Å². The molecular formula is C19H22BrN5O2. The lowest BCUT2D eigenvalue weighted by molar-refractivity contribution is 0.101. The maximum Gasteiger partial charge on any atom is 0.275 e. The molecule has 2 heterocycles. The lowest BCUT2D eigenvalue weighted by Crippen LogP contribution is -2.18. The van der Waals surface area contributed by atoms with Gasteiger partial charge in [-0.25, -0.2) is 0 Å². The van der Waals surface area contributed by atoms with Gasteiger partial charge in [0.05, 0.1) is 41.4 Å². The number of aryl methyl sites for hydroxylation is 2. The van der Waals surface area contributed by atoms with Crippen molar-refractivity contribution < 1.29 is 9.53 Å². The molecule has 0 saturated heterocycles. The number of nitrogens with zero attached hydrogens (tertiary/aromatic N) is 4. The highest BCUT2D eigenvalue weighted by atomic mass is 79.9. The van der Waals surface area contributed by atoms with E-state index in [0.29, 0.717) is 23.3 Å². The van der Waals surface area contributed by atoms with Crippen LogP contribution in [0.25, 0.3) is 0 Å². The number of halogens is 1. The molecule has 0 aliphatic rings. The molecule has 0 fully saturated rings. The SMILES string of the molecule is CCn1ncc(Br)c1C(=O)Nc1c(C)nn(Cc2cccc(OC)c2)c1C.